The van der Waals surface area contributed by atoms with Gasteiger partial charge in [0.05, 0.1) is 0 Å². The van der Waals surface area contributed by atoms with Gasteiger partial charge in [-0.25, -0.2) is 13.8 Å². The van der Waals surface area contributed by atoms with Gasteiger partial charge in [-0.1, -0.05) is 19.1 Å². The summed E-state index contributed by atoms with van der Waals surface area (Å²) in [4.78, 5) is 4.19. The SMILES string of the molecule is CCCNC(Cc1cccc(F)c1F)Cc1ncnn1C. The van der Waals surface area contributed by atoms with E-state index >= 15 is 0 Å². The molecule has 0 saturated carbocycles. The van der Waals surface area contributed by atoms with Gasteiger partial charge in [0.2, 0.25) is 0 Å². The Morgan fingerprint density at radius 3 is 2.76 bits per heavy atom. The number of hydrogen-bond donors (Lipinski definition) is 1. The van der Waals surface area contributed by atoms with E-state index in [0.29, 0.717) is 18.4 Å². The van der Waals surface area contributed by atoms with E-state index in [1.807, 2.05) is 7.05 Å². The fraction of sp³-hybridized carbons (Fsp3) is 0.467. The number of halogens is 2. The highest BCUT2D eigenvalue weighted by atomic mass is 19.2. The zero-order chi connectivity index (χ0) is 15.2. The average Bonchev–Trinajstić information content (AvgIpc) is 2.86. The Bertz CT molecular complexity index is 583. The first kappa shape index (κ1) is 15.6. The number of aromatic nitrogens is 3. The Labute approximate surface area is 123 Å². The summed E-state index contributed by atoms with van der Waals surface area (Å²) in [5.41, 5.74) is 0.380. The normalized spacial score (nSPS) is 12.6. The number of nitrogens with one attached hydrogen (secondary N) is 1. The van der Waals surface area contributed by atoms with E-state index in [2.05, 4.69) is 22.3 Å². The van der Waals surface area contributed by atoms with Crippen LogP contribution in [0, 0.1) is 11.6 Å². The van der Waals surface area contributed by atoms with Gasteiger partial charge in [0.1, 0.15) is 12.2 Å². The van der Waals surface area contributed by atoms with E-state index in [-0.39, 0.29) is 6.04 Å². The predicted octanol–water partition coefficient (Wildman–Crippen LogP) is 2.25. The minimum Gasteiger partial charge on any atom is -0.313 e. The van der Waals surface area contributed by atoms with Gasteiger partial charge in [-0.15, -0.1) is 0 Å². The van der Waals surface area contributed by atoms with Crippen LogP contribution < -0.4 is 5.32 Å². The molecule has 0 aliphatic heterocycles. The van der Waals surface area contributed by atoms with E-state index in [0.717, 1.165) is 24.9 Å². The van der Waals surface area contributed by atoms with Crippen LogP contribution in [-0.4, -0.2) is 27.4 Å². The van der Waals surface area contributed by atoms with Crippen molar-refractivity contribution in [2.24, 2.45) is 7.05 Å². The minimum atomic E-state index is -0.805. The molecule has 2 aromatic rings. The van der Waals surface area contributed by atoms with Crippen molar-refractivity contribution in [3.05, 3.63) is 47.5 Å². The molecule has 1 aromatic carbocycles. The van der Waals surface area contributed by atoms with Gasteiger partial charge in [0.25, 0.3) is 0 Å². The average molecular weight is 294 g/mol. The Balaban J connectivity index is 2.12. The van der Waals surface area contributed by atoms with Gasteiger partial charge in [-0.3, -0.25) is 4.68 Å². The summed E-state index contributed by atoms with van der Waals surface area (Å²) in [6, 6.07) is 4.28. The molecule has 0 bridgehead atoms. The monoisotopic (exact) mass is 294 g/mol. The second-order valence-corrected chi connectivity index (χ2v) is 5.07. The van der Waals surface area contributed by atoms with Crippen molar-refractivity contribution >= 4 is 0 Å². The molecule has 2 rings (SSSR count). The molecule has 0 aliphatic rings. The molecule has 1 aromatic heterocycles. The topological polar surface area (TPSA) is 42.7 Å². The number of aryl methyl sites for hydroxylation is 1. The summed E-state index contributed by atoms with van der Waals surface area (Å²) in [6.45, 7) is 2.88. The summed E-state index contributed by atoms with van der Waals surface area (Å²) >= 11 is 0. The Hall–Kier alpha value is -1.82. The van der Waals surface area contributed by atoms with E-state index in [9.17, 15) is 8.78 Å². The van der Waals surface area contributed by atoms with Crippen molar-refractivity contribution in [1.82, 2.24) is 20.1 Å². The minimum absolute atomic E-state index is 0.0100. The summed E-state index contributed by atoms with van der Waals surface area (Å²) in [7, 11) is 1.82. The van der Waals surface area contributed by atoms with Crippen LogP contribution in [0.5, 0.6) is 0 Å². The van der Waals surface area contributed by atoms with E-state index in [1.54, 1.807) is 10.7 Å². The number of hydrogen-bond acceptors (Lipinski definition) is 3. The molecule has 0 saturated heterocycles. The molecule has 1 atom stereocenters. The fourth-order valence-electron chi connectivity index (χ4n) is 2.26. The molecule has 6 heteroatoms. The van der Waals surface area contributed by atoms with Crippen molar-refractivity contribution in [1.29, 1.82) is 0 Å². The highest BCUT2D eigenvalue weighted by molar-refractivity contribution is 5.20. The van der Waals surface area contributed by atoms with Gasteiger partial charge < -0.3 is 5.32 Å². The largest absolute Gasteiger partial charge is 0.313 e. The highest BCUT2D eigenvalue weighted by Crippen LogP contribution is 2.14. The lowest BCUT2D eigenvalue weighted by atomic mass is 10.0. The van der Waals surface area contributed by atoms with Crippen LogP contribution >= 0.6 is 0 Å². The first-order valence-electron chi connectivity index (χ1n) is 7.11. The van der Waals surface area contributed by atoms with Gasteiger partial charge in [0.15, 0.2) is 11.6 Å². The lowest BCUT2D eigenvalue weighted by Crippen LogP contribution is -2.35. The molecular weight excluding hydrogens is 274 g/mol. The first-order valence-corrected chi connectivity index (χ1v) is 7.11. The fourth-order valence-corrected chi connectivity index (χ4v) is 2.26. The molecule has 1 unspecified atom stereocenters. The summed E-state index contributed by atoms with van der Waals surface area (Å²) in [5.74, 6) is -0.750. The van der Waals surface area contributed by atoms with E-state index in [1.165, 1.54) is 12.4 Å². The maximum absolute atomic E-state index is 13.8. The van der Waals surface area contributed by atoms with Gasteiger partial charge in [0, 0.05) is 19.5 Å². The Morgan fingerprint density at radius 2 is 2.10 bits per heavy atom. The zero-order valence-corrected chi connectivity index (χ0v) is 12.3. The van der Waals surface area contributed by atoms with Crippen LogP contribution in [0.2, 0.25) is 0 Å². The molecule has 4 nitrogen and oxygen atoms in total. The summed E-state index contributed by atoms with van der Waals surface area (Å²) in [5, 5.41) is 7.39. The zero-order valence-electron chi connectivity index (χ0n) is 12.3. The Morgan fingerprint density at radius 1 is 1.29 bits per heavy atom. The van der Waals surface area contributed by atoms with Crippen LogP contribution in [0.1, 0.15) is 24.7 Å². The van der Waals surface area contributed by atoms with E-state index in [4.69, 9.17) is 0 Å². The molecule has 1 N–H and O–H groups in total. The van der Waals surface area contributed by atoms with Gasteiger partial charge in [-0.2, -0.15) is 5.10 Å². The molecule has 114 valence electrons. The third-order valence-electron chi connectivity index (χ3n) is 3.42. The lowest BCUT2D eigenvalue weighted by molar-refractivity contribution is 0.459. The van der Waals surface area contributed by atoms with Crippen LogP contribution in [-0.2, 0) is 19.9 Å². The molecule has 0 radical (unpaired) electrons. The first-order chi connectivity index (χ1) is 10.1. The predicted molar refractivity (Wildman–Crippen MR) is 76.9 cm³/mol. The van der Waals surface area contributed by atoms with Gasteiger partial charge >= 0.3 is 0 Å². The molecule has 0 spiro atoms. The second kappa shape index (κ2) is 7.26. The number of rotatable bonds is 7. The van der Waals surface area contributed by atoms with Crippen molar-refractivity contribution in [3.63, 3.8) is 0 Å². The highest BCUT2D eigenvalue weighted by Gasteiger charge is 2.16. The van der Waals surface area contributed by atoms with Crippen molar-refractivity contribution in [3.8, 4) is 0 Å². The second-order valence-electron chi connectivity index (χ2n) is 5.07. The third-order valence-corrected chi connectivity index (χ3v) is 3.42. The van der Waals surface area contributed by atoms with Crippen molar-refractivity contribution < 1.29 is 8.78 Å². The third kappa shape index (κ3) is 4.07. The maximum atomic E-state index is 13.8. The van der Waals surface area contributed by atoms with Gasteiger partial charge in [-0.05, 0) is 31.0 Å². The molecule has 1 heterocycles. The molecule has 0 amide bonds. The molecule has 0 aliphatic carbocycles. The molecule has 21 heavy (non-hydrogen) atoms. The molecule has 0 fully saturated rings. The Kier molecular flexibility index (Phi) is 5.38. The standard InChI is InChI=1S/C15H20F2N4/c1-3-7-18-12(9-14-19-10-20-21(14)2)8-11-5-4-6-13(16)15(11)17/h4-6,10,12,18H,3,7-9H2,1-2H3. The maximum Gasteiger partial charge on any atom is 0.162 e. The van der Waals surface area contributed by atoms with Crippen LogP contribution in [0.25, 0.3) is 0 Å². The summed E-state index contributed by atoms with van der Waals surface area (Å²) < 4.78 is 28.8. The molecular formula is C15H20F2N4. The smallest absolute Gasteiger partial charge is 0.162 e. The van der Waals surface area contributed by atoms with Crippen LogP contribution in [0.4, 0.5) is 8.78 Å². The van der Waals surface area contributed by atoms with Crippen LogP contribution in [0.3, 0.4) is 0 Å². The van der Waals surface area contributed by atoms with E-state index < -0.39 is 11.6 Å². The summed E-state index contributed by atoms with van der Waals surface area (Å²) in [6.07, 6.45) is 3.50. The van der Waals surface area contributed by atoms with Crippen molar-refractivity contribution in [2.45, 2.75) is 32.2 Å². The number of benzene rings is 1. The van der Waals surface area contributed by atoms with Crippen LogP contribution in [0.15, 0.2) is 24.5 Å². The lowest BCUT2D eigenvalue weighted by Gasteiger charge is -2.18. The van der Waals surface area contributed by atoms with Crippen molar-refractivity contribution in [2.75, 3.05) is 6.54 Å². The quantitative estimate of drug-likeness (QED) is 0.851. The number of nitrogens with zero attached hydrogens (tertiary/aromatic N) is 3.